The fraction of sp³-hybridized carbons (Fsp3) is 0.667. The summed E-state index contributed by atoms with van der Waals surface area (Å²) in [6.45, 7) is 6.23. The van der Waals surface area contributed by atoms with E-state index in [1.165, 1.54) is 41.5 Å². The van der Waals surface area contributed by atoms with Gasteiger partial charge in [0, 0.05) is 24.5 Å². The number of hydrogen-bond acceptors (Lipinski definition) is 5. The fourth-order valence-corrected chi connectivity index (χ4v) is 6.70. The Balaban J connectivity index is 1.64. The summed E-state index contributed by atoms with van der Waals surface area (Å²) in [5.74, 6) is 0.175. The van der Waals surface area contributed by atoms with Crippen LogP contribution in [-0.2, 0) is 24.2 Å². The standard InChI is InChI=1S/C21H29N3O2S2/c1-3-24-20(26)17-15-10-6-7-11-16(15)28-18(17)22-21(24)27-14(2)19(25)23-12-8-4-5-9-13-23/h14H,3-13H2,1-2H3/t14-/m0/s1. The van der Waals surface area contributed by atoms with Gasteiger partial charge in [-0.2, -0.15) is 0 Å². The number of nitrogens with zero attached hydrogens (tertiary/aromatic N) is 3. The lowest BCUT2D eigenvalue weighted by Gasteiger charge is -2.24. The Hall–Kier alpha value is -1.34. The van der Waals surface area contributed by atoms with E-state index in [0.717, 1.165) is 55.4 Å². The van der Waals surface area contributed by atoms with E-state index in [4.69, 9.17) is 4.98 Å². The first kappa shape index (κ1) is 20.0. The molecular weight excluding hydrogens is 390 g/mol. The SMILES string of the molecule is CCn1c(S[C@@H](C)C(=O)N2CCCCCC2)nc2sc3c(c2c1=O)CCCC3. The molecule has 4 rings (SSSR count). The molecule has 7 heteroatoms. The highest BCUT2D eigenvalue weighted by molar-refractivity contribution is 8.00. The summed E-state index contributed by atoms with van der Waals surface area (Å²) in [4.78, 5) is 35.3. The van der Waals surface area contributed by atoms with Crippen LogP contribution in [0.2, 0.25) is 0 Å². The molecule has 2 aliphatic rings. The highest BCUT2D eigenvalue weighted by atomic mass is 32.2. The molecule has 0 unspecified atom stereocenters. The van der Waals surface area contributed by atoms with Crippen LogP contribution in [0.25, 0.3) is 10.2 Å². The molecule has 0 bridgehead atoms. The maximum absolute atomic E-state index is 13.2. The predicted molar refractivity (Wildman–Crippen MR) is 117 cm³/mol. The molecule has 0 radical (unpaired) electrons. The van der Waals surface area contributed by atoms with Crippen LogP contribution < -0.4 is 5.56 Å². The van der Waals surface area contributed by atoms with Crippen molar-refractivity contribution in [3.05, 3.63) is 20.8 Å². The minimum Gasteiger partial charge on any atom is -0.342 e. The van der Waals surface area contributed by atoms with Gasteiger partial charge < -0.3 is 4.90 Å². The largest absolute Gasteiger partial charge is 0.342 e. The van der Waals surface area contributed by atoms with Gasteiger partial charge in [-0.05, 0) is 57.9 Å². The molecular formula is C21H29N3O2S2. The van der Waals surface area contributed by atoms with Crippen molar-refractivity contribution in [3.8, 4) is 0 Å². The van der Waals surface area contributed by atoms with Crippen molar-refractivity contribution in [3.63, 3.8) is 0 Å². The second-order valence-corrected chi connectivity index (χ2v) is 10.2. The van der Waals surface area contributed by atoms with E-state index in [1.54, 1.807) is 15.9 Å². The number of hydrogen-bond donors (Lipinski definition) is 0. The van der Waals surface area contributed by atoms with E-state index >= 15 is 0 Å². The molecule has 1 amide bonds. The Morgan fingerprint density at radius 3 is 2.57 bits per heavy atom. The van der Waals surface area contributed by atoms with E-state index in [-0.39, 0.29) is 16.7 Å². The molecule has 0 spiro atoms. The van der Waals surface area contributed by atoms with Gasteiger partial charge in [-0.3, -0.25) is 14.2 Å². The van der Waals surface area contributed by atoms with Gasteiger partial charge in [-0.25, -0.2) is 4.98 Å². The Bertz CT molecular complexity index is 926. The van der Waals surface area contributed by atoms with Crippen molar-refractivity contribution in [2.75, 3.05) is 13.1 Å². The topological polar surface area (TPSA) is 55.2 Å². The van der Waals surface area contributed by atoms with E-state index < -0.39 is 0 Å². The first-order chi connectivity index (χ1) is 13.6. The highest BCUT2D eigenvalue weighted by Gasteiger charge is 2.26. The lowest BCUT2D eigenvalue weighted by atomic mass is 9.97. The maximum Gasteiger partial charge on any atom is 0.263 e. The molecule has 1 aliphatic heterocycles. The zero-order chi connectivity index (χ0) is 19.7. The normalized spacial score (nSPS) is 18.7. The van der Waals surface area contributed by atoms with E-state index in [1.807, 2.05) is 18.7 Å². The van der Waals surface area contributed by atoms with Gasteiger partial charge in [0.15, 0.2) is 5.16 Å². The summed E-state index contributed by atoms with van der Waals surface area (Å²) in [5.41, 5.74) is 1.31. The summed E-state index contributed by atoms with van der Waals surface area (Å²) >= 11 is 3.13. The fourth-order valence-electron chi connectivity index (χ4n) is 4.35. The Labute approximate surface area is 174 Å². The van der Waals surface area contributed by atoms with Gasteiger partial charge >= 0.3 is 0 Å². The maximum atomic E-state index is 13.2. The molecule has 1 aliphatic carbocycles. The van der Waals surface area contributed by atoms with Crippen molar-refractivity contribution in [2.24, 2.45) is 0 Å². The average Bonchev–Trinajstić information content (AvgIpc) is 2.86. The molecule has 2 aromatic heterocycles. The zero-order valence-electron chi connectivity index (χ0n) is 16.8. The van der Waals surface area contributed by atoms with Crippen molar-refractivity contribution in [2.45, 2.75) is 82.2 Å². The van der Waals surface area contributed by atoms with Gasteiger partial charge in [0.1, 0.15) is 4.83 Å². The van der Waals surface area contributed by atoms with Gasteiger partial charge in [-0.15, -0.1) is 11.3 Å². The molecule has 0 saturated carbocycles. The summed E-state index contributed by atoms with van der Waals surface area (Å²) in [6, 6.07) is 0. The highest BCUT2D eigenvalue weighted by Crippen LogP contribution is 2.35. The monoisotopic (exact) mass is 419 g/mol. The van der Waals surface area contributed by atoms with Crippen LogP contribution in [0.5, 0.6) is 0 Å². The summed E-state index contributed by atoms with van der Waals surface area (Å²) in [6.07, 6.45) is 9.01. The number of likely N-dealkylation sites (tertiary alicyclic amines) is 1. The lowest BCUT2D eigenvalue weighted by molar-refractivity contribution is -0.130. The van der Waals surface area contributed by atoms with Crippen LogP contribution >= 0.6 is 23.1 Å². The van der Waals surface area contributed by atoms with E-state index in [9.17, 15) is 9.59 Å². The number of aromatic nitrogens is 2. The van der Waals surface area contributed by atoms with Crippen molar-refractivity contribution < 1.29 is 4.79 Å². The van der Waals surface area contributed by atoms with Crippen molar-refractivity contribution in [1.82, 2.24) is 14.5 Å². The van der Waals surface area contributed by atoms with Crippen LogP contribution in [-0.4, -0.2) is 38.7 Å². The van der Waals surface area contributed by atoms with E-state index in [0.29, 0.717) is 11.7 Å². The number of amides is 1. The lowest BCUT2D eigenvalue weighted by Crippen LogP contribution is -2.37. The molecule has 1 saturated heterocycles. The predicted octanol–water partition coefficient (Wildman–Crippen LogP) is 4.24. The third-order valence-electron chi connectivity index (χ3n) is 5.90. The molecule has 28 heavy (non-hydrogen) atoms. The molecule has 0 aromatic carbocycles. The number of carbonyl (C=O) groups is 1. The first-order valence-corrected chi connectivity index (χ1v) is 12.3. The average molecular weight is 420 g/mol. The summed E-state index contributed by atoms with van der Waals surface area (Å²) in [7, 11) is 0. The number of carbonyl (C=O) groups excluding carboxylic acids is 1. The molecule has 0 N–H and O–H groups in total. The van der Waals surface area contributed by atoms with E-state index in [2.05, 4.69) is 0 Å². The van der Waals surface area contributed by atoms with Crippen LogP contribution in [0.1, 0.15) is 62.8 Å². The summed E-state index contributed by atoms with van der Waals surface area (Å²) in [5, 5.41) is 1.29. The Kier molecular flexibility index (Phi) is 6.11. The molecule has 1 atom stereocenters. The minimum atomic E-state index is -0.227. The van der Waals surface area contributed by atoms with Gasteiger partial charge in [0.2, 0.25) is 5.91 Å². The number of thiophene rings is 1. The number of aryl methyl sites for hydroxylation is 2. The van der Waals surface area contributed by atoms with Crippen LogP contribution in [0.3, 0.4) is 0 Å². The third kappa shape index (κ3) is 3.75. The molecule has 2 aromatic rings. The van der Waals surface area contributed by atoms with Crippen molar-refractivity contribution in [1.29, 1.82) is 0 Å². The smallest absolute Gasteiger partial charge is 0.263 e. The van der Waals surface area contributed by atoms with Gasteiger partial charge in [-0.1, -0.05) is 24.6 Å². The molecule has 1 fully saturated rings. The zero-order valence-corrected chi connectivity index (χ0v) is 18.5. The summed E-state index contributed by atoms with van der Waals surface area (Å²) < 4.78 is 1.76. The second kappa shape index (κ2) is 8.57. The third-order valence-corrected chi connectivity index (χ3v) is 8.17. The van der Waals surface area contributed by atoms with Crippen molar-refractivity contribution >= 4 is 39.2 Å². The number of fused-ring (bicyclic) bond motifs is 3. The Morgan fingerprint density at radius 1 is 1.14 bits per heavy atom. The van der Waals surface area contributed by atoms with Gasteiger partial charge in [0.25, 0.3) is 5.56 Å². The van der Waals surface area contributed by atoms with Crippen LogP contribution in [0.15, 0.2) is 9.95 Å². The number of thioether (sulfide) groups is 1. The molecule has 152 valence electrons. The molecule has 3 heterocycles. The van der Waals surface area contributed by atoms with Crippen LogP contribution in [0.4, 0.5) is 0 Å². The molecule has 5 nitrogen and oxygen atoms in total. The number of rotatable bonds is 4. The Morgan fingerprint density at radius 2 is 1.86 bits per heavy atom. The quantitative estimate of drug-likeness (QED) is 0.549. The second-order valence-electron chi connectivity index (χ2n) is 7.83. The van der Waals surface area contributed by atoms with Gasteiger partial charge in [0.05, 0.1) is 10.6 Å². The minimum absolute atomic E-state index is 0.0730. The van der Waals surface area contributed by atoms with Crippen LogP contribution in [0, 0.1) is 0 Å². The first-order valence-electron chi connectivity index (χ1n) is 10.6.